The van der Waals surface area contributed by atoms with Crippen molar-refractivity contribution in [1.29, 1.82) is 0 Å². The van der Waals surface area contributed by atoms with Gasteiger partial charge in [0.05, 0.1) is 0 Å². The number of aromatic nitrogens is 2. The highest BCUT2D eigenvalue weighted by molar-refractivity contribution is 5.92. The first-order valence-electron chi connectivity index (χ1n) is 11.9. The molecule has 168 valence electrons. The SMILES string of the molecule is CCCCCCCCCc1cnc(-c2ccc(C=C(C[C@H](C)CC)C(=O)O)cc2)nc1. The lowest BCUT2D eigenvalue weighted by molar-refractivity contribution is -0.132. The molecule has 0 fully saturated rings. The van der Waals surface area contributed by atoms with Crippen molar-refractivity contribution >= 4 is 12.0 Å². The van der Waals surface area contributed by atoms with Crippen molar-refractivity contribution in [3.05, 3.63) is 53.4 Å². The van der Waals surface area contributed by atoms with Gasteiger partial charge in [-0.25, -0.2) is 14.8 Å². The number of carbonyl (C=O) groups is 1. The van der Waals surface area contributed by atoms with E-state index in [1.807, 2.05) is 36.7 Å². The van der Waals surface area contributed by atoms with Crippen molar-refractivity contribution in [2.75, 3.05) is 0 Å². The van der Waals surface area contributed by atoms with E-state index in [9.17, 15) is 9.90 Å². The monoisotopic (exact) mass is 422 g/mol. The molecule has 0 saturated carbocycles. The molecule has 1 heterocycles. The minimum absolute atomic E-state index is 0.356. The topological polar surface area (TPSA) is 63.1 Å². The molecule has 0 radical (unpaired) electrons. The molecular weight excluding hydrogens is 384 g/mol. The van der Waals surface area contributed by atoms with Crippen LogP contribution >= 0.6 is 0 Å². The number of rotatable bonds is 14. The fourth-order valence-corrected chi connectivity index (χ4v) is 3.58. The number of hydrogen-bond donors (Lipinski definition) is 1. The summed E-state index contributed by atoms with van der Waals surface area (Å²) in [5, 5.41) is 9.48. The molecule has 4 heteroatoms. The molecule has 2 rings (SSSR count). The second-order valence-corrected chi connectivity index (χ2v) is 8.60. The van der Waals surface area contributed by atoms with E-state index < -0.39 is 5.97 Å². The van der Waals surface area contributed by atoms with Crippen LogP contribution in [0.5, 0.6) is 0 Å². The van der Waals surface area contributed by atoms with Crippen molar-refractivity contribution in [2.45, 2.75) is 85.0 Å². The van der Waals surface area contributed by atoms with Crippen LogP contribution < -0.4 is 0 Å². The Morgan fingerprint density at radius 1 is 0.968 bits per heavy atom. The van der Waals surface area contributed by atoms with Gasteiger partial charge in [0.15, 0.2) is 5.82 Å². The predicted octanol–water partition coefficient (Wildman–Crippen LogP) is 7.34. The Morgan fingerprint density at radius 3 is 2.16 bits per heavy atom. The van der Waals surface area contributed by atoms with Gasteiger partial charge in [-0.3, -0.25) is 0 Å². The zero-order chi connectivity index (χ0) is 22.5. The molecule has 0 spiro atoms. The van der Waals surface area contributed by atoms with Crippen molar-refractivity contribution in [3.8, 4) is 11.4 Å². The molecule has 2 aromatic rings. The summed E-state index contributed by atoms with van der Waals surface area (Å²) in [5.41, 5.74) is 3.47. The molecule has 0 bridgehead atoms. The Balaban J connectivity index is 1.91. The molecule has 0 saturated heterocycles. The molecule has 0 amide bonds. The van der Waals surface area contributed by atoms with Crippen LogP contribution in [0, 0.1) is 5.92 Å². The van der Waals surface area contributed by atoms with E-state index in [1.165, 1.54) is 50.5 Å². The molecule has 0 aliphatic carbocycles. The van der Waals surface area contributed by atoms with Gasteiger partial charge in [0, 0.05) is 23.5 Å². The summed E-state index contributed by atoms with van der Waals surface area (Å²) < 4.78 is 0. The summed E-state index contributed by atoms with van der Waals surface area (Å²) in [6, 6.07) is 7.79. The highest BCUT2D eigenvalue weighted by atomic mass is 16.4. The standard InChI is InChI=1S/C27H38N2O2/c1-4-6-7-8-9-10-11-12-23-19-28-26(29-20-23)24-15-13-22(14-16-24)18-25(27(30)31)17-21(3)5-2/h13-16,18-21H,4-12,17H2,1-3H3,(H,30,31)/t21-/m1/s1. The van der Waals surface area contributed by atoms with Crippen LogP contribution in [0.2, 0.25) is 0 Å². The summed E-state index contributed by atoms with van der Waals surface area (Å²) in [4.78, 5) is 20.6. The number of carboxylic acid groups (broad SMARTS) is 1. The minimum Gasteiger partial charge on any atom is -0.478 e. The summed E-state index contributed by atoms with van der Waals surface area (Å²) in [5.74, 6) is 0.218. The Kier molecular flexibility index (Phi) is 11.0. The van der Waals surface area contributed by atoms with E-state index in [0.717, 1.165) is 24.0 Å². The van der Waals surface area contributed by atoms with Gasteiger partial charge in [-0.1, -0.05) is 90.0 Å². The normalized spacial score (nSPS) is 12.7. The molecule has 0 aliphatic rings. The number of unbranched alkanes of at least 4 members (excludes halogenated alkanes) is 6. The summed E-state index contributed by atoms with van der Waals surface area (Å²) in [6.07, 6.45) is 17.4. The van der Waals surface area contributed by atoms with Crippen LogP contribution in [0.15, 0.2) is 42.2 Å². The third kappa shape index (κ3) is 9.04. The third-order valence-electron chi connectivity index (χ3n) is 5.82. The molecule has 4 nitrogen and oxygen atoms in total. The molecule has 31 heavy (non-hydrogen) atoms. The van der Waals surface area contributed by atoms with Crippen LogP contribution in [-0.4, -0.2) is 21.0 Å². The van der Waals surface area contributed by atoms with Gasteiger partial charge < -0.3 is 5.11 Å². The first-order valence-corrected chi connectivity index (χ1v) is 11.9. The highest BCUT2D eigenvalue weighted by Gasteiger charge is 2.11. The number of nitrogens with zero attached hydrogens (tertiary/aromatic N) is 2. The first kappa shape index (κ1) is 24.8. The number of aryl methyl sites for hydroxylation is 1. The fourth-order valence-electron chi connectivity index (χ4n) is 3.58. The van der Waals surface area contributed by atoms with E-state index in [0.29, 0.717) is 23.7 Å². The number of aliphatic carboxylic acids is 1. The lowest BCUT2D eigenvalue weighted by Crippen LogP contribution is -2.05. The average molecular weight is 423 g/mol. The fraction of sp³-hybridized carbons (Fsp3) is 0.519. The quantitative estimate of drug-likeness (QED) is 0.255. The van der Waals surface area contributed by atoms with Gasteiger partial charge in [-0.15, -0.1) is 0 Å². The molecular formula is C27H38N2O2. The van der Waals surface area contributed by atoms with Crippen LogP contribution in [0.1, 0.15) is 89.7 Å². The molecule has 1 aromatic carbocycles. The largest absolute Gasteiger partial charge is 0.478 e. The molecule has 1 atom stereocenters. The lowest BCUT2D eigenvalue weighted by Gasteiger charge is -2.09. The molecule has 1 aromatic heterocycles. The minimum atomic E-state index is -0.843. The Morgan fingerprint density at radius 2 is 1.58 bits per heavy atom. The molecule has 0 unspecified atom stereocenters. The smallest absolute Gasteiger partial charge is 0.331 e. The van der Waals surface area contributed by atoms with Gasteiger partial charge in [-0.05, 0) is 42.4 Å². The third-order valence-corrected chi connectivity index (χ3v) is 5.82. The van der Waals surface area contributed by atoms with Gasteiger partial charge in [0.25, 0.3) is 0 Å². The maximum atomic E-state index is 11.5. The van der Waals surface area contributed by atoms with E-state index in [-0.39, 0.29) is 0 Å². The van der Waals surface area contributed by atoms with Crippen LogP contribution in [-0.2, 0) is 11.2 Å². The maximum Gasteiger partial charge on any atom is 0.331 e. The van der Waals surface area contributed by atoms with E-state index in [1.54, 1.807) is 6.08 Å². The number of carboxylic acids is 1. The van der Waals surface area contributed by atoms with Crippen molar-refractivity contribution < 1.29 is 9.90 Å². The van der Waals surface area contributed by atoms with E-state index in [4.69, 9.17) is 0 Å². The van der Waals surface area contributed by atoms with Crippen LogP contribution in [0.25, 0.3) is 17.5 Å². The van der Waals surface area contributed by atoms with Crippen LogP contribution in [0.3, 0.4) is 0 Å². The highest BCUT2D eigenvalue weighted by Crippen LogP contribution is 2.21. The Hall–Kier alpha value is -2.49. The Bertz CT molecular complexity index is 810. The van der Waals surface area contributed by atoms with E-state index >= 15 is 0 Å². The first-order chi connectivity index (χ1) is 15.0. The lowest BCUT2D eigenvalue weighted by atomic mass is 9.97. The zero-order valence-corrected chi connectivity index (χ0v) is 19.4. The van der Waals surface area contributed by atoms with Crippen molar-refractivity contribution in [1.82, 2.24) is 9.97 Å². The number of benzene rings is 1. The predicted molar refractivity (Wildman–Crippen MR) is 129 cm³/mol. The average Bonchev–Trinajstić information content (AvgIpc) is 2.78. The summed E-state index contributed by atoms with van der Waals surface area (Å²) in [6.45, 7) is 6.41. The summed E-state index contributed by atoms with van der Waals surface area (Å²) >= 11 is 0. The number of hydrogen-bond acceptors (Lipinski definition) is 3. The molecule has 0 aliphatic heterocycles. The Labute approximate surface area is 187 Å². The van der Waals surface area contributed by atoms with Gasteiger partial charge in [-0.2, -0.15) is 0 Å². The van der Waals surface area contributed by atoms with Crippen LogP contribution in [0.4, 0.5) is 0 Å². The maximum absolute atomic E-state index is 11.5. The zero-order valence-electron chi connectivity index (χ0n) is 19.4. The van der Waals surface area contributed by atoms with E-state index in [2.05, 4.69) is 30.7 Å². The van der Waals surface area contributed by atoms with Gasteiger partial charge in [0.1, 0.15) is 0 Å². The molecule has 1 N–H and O–H groups in total. The summed E-state index contributed by atoms with van der Waals surface area (Å²) in [7, 11) is 0. The van der Waals surface area contributed by atoms with Gasteiger partial charge >= 0.3 is 5.97 Å². The van der Waals surface area contributed by atoms with Crippen molar-refractivity contribution in [3.63, 3.8) is 0 Å². The second kappa shape index (κ2) is 13.7. The second-order valence-electron chi connectivity index (χ2n) is 8.60. The van der Waals surface area contributed by atoms with Crippen molar-refractivity contribution in [2.24, 2.45) is 5.92 Å². The van der Waals surface area contributed by atoms with Gasteiger partial charge in [0.2, 0.25) is 0 Å².